The molecule has 5 heteroatoms. The van der Waals surface area contributed by atoms with Crippen LogP contribution in [0, 0.1) is 0 Å². The van der Waals surface area contributed by atoms with Crippen LogP contribution in [0.25, 0.3) is 0 Å². The maximum Gasteiger partial charge on any atom is 0.353 e. The Hall–Kier alpha value is -1.39. The van der Waals surface area contributed by atoms with Gasteiger partial charge in [-0.3, -0.25) is 0 Å². The number of nitrogens with zero attached hydrogens (tertiary/aromatic N) is 1. The van der Waals surface area contributed by atoms with Crippen molar-refractivity contribution in [2.45, 2.75) is 13.1 Å². The lowest BCUT2D eigenvalue weighted by molar-refractivity contribution is 0.0691. The molecule has 0 aliphatic carbocycles. The number of carboxylic acid groups (broad SMARTS) is 1. The van der Waals surface area contributed by atoms with E-state index in [1.54, 1.807) is 0 Å². The van der Waals surface area contributed by atoms with Crippen LogP contribution in [-0.4, -0.2) is 21.0 Å². The van der Waals surface area contributed by atoms with Crippen molar-refractivity contribution in [1.29, 1.82) is 0 Å². The Kier molecular flexibility index (Phi) is 1.89. The van der Waals surface area contributed by atoms with Crippen LogP contribution in [0.4, 0.5) is 4.39 Å². The Morgan fingerprint density at radius 1 is 1.91 bits per heavy atom. The summed E-state index contributed by atoms with van der Waals surface area (Å²) < 4.78 is 12.4. The van der Waals surface area contributed by atoms with E-state index in [0.29, 0.717) is 0 Å². The van der Waals surface area contributed by atoms with Crippen molar-refractivity contribution in [3.8, 4) is 0 Å². The Morgan fingerprint density at radius 3 is 2.82 bits per heavy atom. The Balaban J connectivity index is 2.90. The fourth-order valence-corrected chi connectivity index (χ4v) is 0.647. The number of carbonyl (C=O) groups is 1. The molecule has 0 radical (unpaired) electrons. The summed E-state index contributed by atoms with van der Waals surface area (Å²) in [5, 5.41) is 8.39. The number of aromatic amines is 1. The van der Waals surface area contributed by atoms with E-state index in [2.05, 4.69) is 9.97 Å². The third-order valence-electron chi connectivity index (χ3n) is 1.20. The second-order valence-electron chi connectivity index (χ2n) is 2.10. The molecule has 0 aliphatic rings. The number of H-pyrrole nitrogens is 1. The largest absolute Gasteiger partial charge is 0.477 e. The van der Waals surface area contributed by atoms with Gasteiger partial charge in [-0.05, 0) is 6.92 Å². The van der Waals surface area contributed by atoms with Crippen LogP contribution in [0.2, 0.25) is 0 Å². The van der Waals surface area contributed by atoms with Gasteiger partial charge in [0.25, 0.3) is 0 Å². The second-order valence-corrected chi connectivity index (χ2v) is 2.10. The highest BCUT2D eigenvalue weighted by Gasteiger charge is 2.10. The SMILES string of the molecule is CC(F)c1ncc(C(=O)O)[nH]1. The molecule has 1 rings (SSSR count). The molecule has 0 amide bonds. The van der Waals surface area contributed by atoms with Gasteiger partial charge >= 0.3 is 5.97 Å². The van der Waals surface area contributed by atoms with Crippen LogP contribution >= 0.6 is 0 Å². The third kappa shape index (κ3) is 1.54. The van der Waals surface area contributed by atoms with Gasteiger partial charge in [0.2, 0.25) is 0 Å². The lowest BCUT2D eigenvalue weighted by Crippen LogP contribution is -1.96. The number of carboxylic acids is 1. The molecule has 0 aliphatic heterocycles. The smallest absolute Gasteiger partial charge is 0.353 e. The molecule has 60 valence electrons. The lowest BCUT2D eigenvalue weighted by Gasteiger charge is -1.92. The van der Waals surface area contributed by atoms with E-state index in [4.69, 9.17) is 5.11 Å². The first-order chi connectivity index (χ1) is 5.11. The minimum Gasteiger partial charge on any atom is -0.477 e. The van der Waals surface area contributed by atoms with Crippen LogP contribution in [0.5, 0.6) is 0 Å². The van der Waals surface area contributed by atoms with Crippen molar-refractivity contribution >= 4 is 5.97 Å². The van der Waals surface area contributed by atoms with Gasteiger partial charge in [-0.2, -0.15) is 0 Å². The molecular weight excluding hydrogens is 151 g/mol. The molecule has 11 heavy (non-hydrogen) atoms. The minimum atomic E-state index is -1.26. The number of aromatic carboxylic acids is 1. The predicted octanol–water partition coefficient (Wildman–Crippen LogP) is 1.14. The van der Waals surface area contributed by atoms with Crippen LogP contribution in [0.1, 0.15) is 29.4 Å². The summed E-state index contributed by atoms with van der Waals surface area (Å²) in [4.78, 5) is 16.1. The van der Waals surface area contributed by atoms with Crippen LogP contribution < -0.4 is 0 Å². The zero-order chi connectivity index (χ0) is 8.43. The van der Waals surface area contributed by atoms with Crippen LogP contribution in [0.3, 0.4) is 0 Å². The van der Waals surface area contributed by atoms with Gasteiger partial charge in [-0.25, -0.2) is 14.2 Å². The van der Waals surface area contributed by atoms with E-state index in [-0.39, 0.29) is 11.5 Å². The number of hydrogen-bond donors (Lipinski definition) is 2. The zero-order valence-corrected chi connectivity index (χ0v) is 5.84. The number of alkyl halides is 1. The van der Waals surface area contributed by atoms with Gasteiger partial charge in [0.15, 0.2) is 6.17 Å². The maximum atomic E-state index is 12.4. The van der Waals surface area contributed by atoms with E-state index < -0.39 is 12.1 Å². The molecular formula is C6H7FN2O2. The highest BCUT2D eigenvalue weighted by molar-refractivity contribution is 5.84. The molecule has 0 aromatic carbocycles. The summed E-state index contributed by atoms with van der Waals surface area (Å²) in [7, 11) is 0. The van der Waals surface area contributed by atoms with Crippen molar-refractivity contribution in [2.75, 3.05) is 0 Å². The standard InChI is InChI=1S/C6H7FN2O2/c1-3(7)5-8-2-4(9-5)6(10)11/h2-3H,1H3,(H,8,9)(H,10,11). The molecule has 1 atom stereocenters. The van der Waals surface area contributed by atoms with E-state index in [0.717, 1.165) is 6.20 Å². The summed E-state index contributed by atoms with van der Waals surface area (Å²) in [6.45, 7) is 1.28. The maximum absolute atomic E-state index is 12.4. The normalized spacial score (nSPS) is 12.9. The van der Waals surface area contributed by atoms with Gasteiger partial charge in [-0.15, -0.1) is 0 Å². The Morgan fingerprint density at radius 2 is 2.55 bits per heavy atom. The van der Waals surface area contributed by atoms with Gasteiger partial charge in [0.1, 0.15) is 11.5 Å². The summed E-state index contributed by atoms with van der Waals surface area (Å²) in [5.41, 5.74) is -0.0931. The number of hydrogen-bond acceptors (Lipinski definition) is 2. The van der Waals surface area contributed by atoms with E-state index in [1.165, 1.54) is 6.92 Å². The van der Waals surface area contributed by atoms with Crippen molar-refractivity contribution in [3.63, 3.8) is 0 Å². The van der Waals surface area contributed by atoms with Crippen molar-refractivity contribution in [1.82, 2.24) is 9.97 Å². The molecule has 1 heterocycles. The van der Waals surface area contributed by atoms with Gasteiger partial charge in [-0.1, -0.05) is 0 Å². The Bertz CT molecular complexity index is 269. The molecule has 1 unspecified atom stereocenters. The molecule has 4 nitrogen and oxygen atoms in total. The molecule has 0 bridgehead atoms. The summed E-state index contributed by atoms with van der Waals surface area (Å²) >= 11 is 0. The van der Waals surface area contributed by atoms with E-state index in [1.807, 2.05) is 0 Å². The van der Waals surface area contributed by atoms with Gasteiger partial charge < -0.3 is 10.1 Å². The van der Waals surface area contributed by atoms with Crippen LogP contribution in [-0.2, 0) is 0 Å². The van der Waals surface area contributed by atoms with Crippen LogP contribution in [0.15, 0.2) is 6.20 Å². The van der Waals surface area contributed by atoms with Crippen molar-refractivity contribution in [2.24, 2.45) is 0 Å². The van der Waals surface area contributed by atoms with Gasteiger partial charge in [0.05, 0.1) is 6.20 Å². The quantitative estimate of drug-likeness (QED) is 0.678. The average Bonchev–Trinajstić information content (AvgIpc) is 2.33. The first kappa shape index (κ1) is 7.71. The number of imidazole rings is 1. The third-order valence-corrected chi connectivity index (χ3v) is 1.20. The molecule has 0 saturated carbocycles. The van der Waals surface area contributed by atoms with Gasteiger partial charge in [0, 0.05) is 0 Å². The lowest BCUT2D eigenvalue weighted by atomic mass is 10.4. The first-order valence-corrected chi connectivity index (χ1v) is 3.03. The minimum absolute atomic E-state index is 0.0439. The fourth-order valence-electron chi connectivity index (χ4n) is 0.647. The van der Waals surface area contributed by atoms with Crippen molar-refractivity contribution < 1.29 is 14.3 Å². The highest BCUT2D eigenvalue weighted by Crippen LogP contribution is 2.11. The number of rotatable bonds is 2. The first-order valence-electron chi connectivity index (χ1n) is 3.03. The van der Waals surface area contributed by atoms with Crippen molar-refractivity contribution in [3.05, 3.63) is 17.7 Å². The monoisotopic (exact) mass is 158 g/mol. The van der Waals surface area contributed by atoms with E-state index in [9.17, 15) is 9.18 Å². The predicted molar refractivity (Wildman–Crippen MR) is 35.1 cm³/mol. The molecule has 0 saturated heterocycles. The molecule has 2 N–H and O–H groups in total. The molecule has 1 aromatic rings. The topological polar surface area (TPSA) is 66.0 Å². The number of nitrogens with one attached hydrogen (secondary N) is 1. The number of aromatic nitrogens is 2. The number of halogens is 1. The highest BCUT2D eigenvalue weighted by atomic mass is 19.1. The fraction of sp³-hybridized carbons (Fsp3) is 0.333. The molecule has 0 fully saturated rings. The van der Waals surface area contributed by atoms with E-state index >= 15 is 0 Å². The molecule has 0 spiro atoms. The molecule has 1 aromatic heterocycles. The average molecular weight is 158 g/mol. The summed E-state index contributed by atoms with van der Waals surface area (Å²) in [6.07, 6.45) is -0.170. The summed E-state index contributed by atoms with van der Waals surface area (Å²) in [6, 6.07) is 0. The summed E-state index contributed by atoms with van der Waals surface area (Å²) in [5.74, 6) is -1.09. The second kappa shape index (κ2) is 2.69. The Labute approximate surface area is 62.1 Å². The zero-order valence-electron chi connectivity index (χ0n) is 5.84.